The van der Waals surface area contributed by atoms with Crippen LogP contribution in [0.25, 0.3) is 0 Å². The van der Waals surface area contributed by atoms with Crippen LogP contribution in [0.4, 0.5) is 0 Å². The van der Waals surface area contributed by atoms with Crippen LogP contribution >= 0.6 is 11.9 Å². The van der Waals surface area contributed by atoms with Gasteiger partial charge < -0.3 is 0 Å². The van der Waals surface area contributed by atoms with Crippen LogP contribution in [0.2, 0.25) is 0 Å². The Morgan fingerprint density at radius 2 is 2.50 bits per heavy atom. The molecule has 0 aromatic carbocycles. The summed E-state index contributed by atoms with van der Waals surface area (Å²) >= 11 is 1.43. The van der Waals surface area contributed by atoms with Crippen LogP contribution in [-0.4, -0.2) is 6.72 Å². The van der Waals surface area contributed by atoms with Crippen molar-refractivity contribution in [2.75, 3.05) is 0 Å². The SMILES string of the molecule is C=NS/C(C)=C\CC. The average Bonchev–Trinajstić information content (AvgIpc) is 1.68. The molecule has 0 aliphatic carbocycles. The second-order valence-electron chi connectivity index (χ2n) is 1.44. The van der Waals surface area contributed by atoms with Gasteiger partial charge in [-0.25, -0.2) is 4.40 Å². The van der Waals surface area contributed by atoms with Crippen molar-refractivity contribution >= 4 is 18.7 Å². The van der Waals surface area contributed by atoms with Crippen molar-refractivity contribution < 1.29 is 0 Å². The Bertz CT molecular complexity index is 96.7. The van der Waals surface area contributed by atoms with E-state index in [1.807, 2.05) is 6.92 Å². The summed E-state index contributed by atoms with van der Waals surface area (Å²) in [6.45, 7) is 7.49. The lowest BCUT2D eigenvalue weighted by Crippen LogP contribution is -1.61. The molecule has 0 atom stereocenters. The molecule has 2 heteroatoms. The first-order chi connectivity index (χ1) is 3.81. The zero-order valence-corrected chi connectivity index (χ0v) is 6.16. The molecule has 0 amide bonds. The van der Waals surface area contributed by atoms with Gasteiger partial charge in [0.25, 0.3) is 0 Å². The molecule has 0 aliphatic rings. The highest BCUT2D eigenvalue weighted by Gasteiger charge is 1.81. The number of allylic oxidation sites excluding steroid dienone is 2. The average molecular weight is 129 g/mol. The molecule has 0 heterocycles. The second-order valence-corrected chi connectivity index (χ2v) is 2.53. The zero-order valence-electron chi connectivity index (χ0n) is 5.35. The number of hydrogen-bond donors (Lipinski definition) is 0. The maximum atomic E-state index is 3.65. The third-order valence-electron chi connectivity index (χ3n) is 0.700. The van der Waals surface area contributed by atoms with Crippen LogP contribution in [0, 0.1) is 0 Å². The summed E-state index contributed by atoms with van der Waals surface area (Å²) in [6.07, 6.45) is 3.20. The zero-order chi connectivity index (χ0) is 6.41. The summed E-state index contributed by atoms with van der Waals surface area (Å²) < 4.78 is 3.65. The van der Waals surface area contributed by atoms with Gasteiger partial charge in [-0.15, -0.1) is 0 Å². The fourth-order valence-electron chi connectivity index (χ4n) is 0.427. The molecule has 0 aromatic heterocycles. The number of nitrogens with zero attached hydrogens (tertiary/aromatic N) is 1. The minimum atomic E-state index is 1.08. The van der Waals surface area contributed by atoms with Crippen molar-refractivity contribution in [1.29, 1.82) is 0 Å². The molecule has 0 bridgehead atoms. The molecule has 46 valence electrons. The van der Waals surface area contributed by atoms with E-state index in [0.29, 0.717) is 0 Å². The molecule has 0 N–H and O–H groups in total. The monoisotopic (exact) mass is 129 g/mol. The molecule has 0 radical (unpaired) electrons. The van der Waals surface area contributed by atoms with Crippen molar-refractivity contribution in [2.45, 2.75) is 20.3 Å². The van der Waals surface area contributed by atoms with Gasteiger partial charge in [-0.1, -0.05) is 13.0 Å². The van der Waals surface area contributed by atoms with E-state index in [-0.39, 0.29) is 0 Å². The molecule has 0 aromatic rings. The van der Waals surface area contributed by atoms with E-state index in [1.165, 1.54) is 16.9 Å². The van der Waals surface area contributed by atoms with Crippen LogP contribution in [0.5, 0.6) is 0 Å². The first kappa shape index (κ1) is 7.76. The quantitative estimate of drug-likeness (QED) is 0.421. The molecular weight excluding hydrogens is 118 g/mol. The maximum Gasteiger partial charge on any atom is 0.00437 e. The third-order valence-corrected chi connectivity index (χ3v) is 1.28. The van der Waals surface area contributed by atoms with E-state index < -0.39 is 0 Å². The molecule has 0 unspecified atom stereocenters. The summed E-state index contributed by atoms with van der Waals surface area (Å²) in [7, 11) is 0. The Balaban J connectivity index is 3.44. The largest absolute Gasteiger partial charge is 0.228 e. The molecule has 1 nitrogen and oxygen atoms in total. The first-order valence-corrected chi connectivity index (χ1v) is 3.38. The highest BCUT2D eigenvalue weighted by molar-refractivity contribution is 8.01. The maximum absolute atomic E-state index is 3.65. The molecule has 0 fully saturated rings. The molecule has 8 heavy (non-hydrogen) atoms. The Labute approximate surface area is 55.0 Å². The lowest BCUT2D eigenvalue weighted by atomic mass is 10.4. The molecule has 0 rings (SSSR count). The first-order valence-electron chi connectivity index (χ1n) is 2.61. The highest BCUT2D eigenvalue weighted by Crippen LogP contribution is 2.14. The van der Waals surface area contributed by atoms with E-state index in [0.717, 1.165) is 6.42 Å². The fourth-order valence-corrected chi connectivity index (χ4v) is 0.871. The van der Waals surface area contributed by atoms with Crippen molar-refractivity contribution in [3.05, 3.63) is 11.0 Å². The second kappa shape index (κ2) is 4.91. The van der Waals surface area contributed by atoms with Gasteiger partial charge >= 0.3 is 0 Å². The summed E-state index contributed by atoms with van der Waals surface area (Å²) in [5.41, 5.74) is 0. The summed E-state index contributed by atoms with van der Waals surface area (Å²) in [5, 5.41) is 0. The van der Waals surface area contributed by atoms with Crippen molar-refractivity contribution in [3.8, 4) is 0 Å². The standard InChI is InChI=1S/C6H11NS/c1-4-5-6(2)8-7-3/h5H,3-4H2,1-2H3/b6-5-. The summed E-state index contributed by atoms with van der Waals surface area (Å²) in [6, 6.07) is 0. The predicted molar refractivity (Wildman–Crippen MR) is 41.2 cm³/mol. The van der Waals surface area contributed by atoms with Gasteiger partial charge in [-0.2, -0.15) is 0 Å². The minimum Gasteiger partial charge on any atom is -0.228 e. The van der Waals surface area contributed by atoms with Crippen LogP contribution in [0.3, 0.4) is 0 Å². The van der Waals surface area contributed by atoms with Crippen LogP contribution in [0.15, 0.2) is 15.4 Å². The topological polar surface area (TPSA) is 12.4 Å². The normalized spacial score (nSPS) is 11.5. The van der Waals surface area contributed by atoms with E-state index in [4.69, 9.17) is 0 Å². The van der Waals surface area contributed by atoms with E-state index in [1.54, 1.807) is 0 Å². The molecule has 0 spiro atoms. The van der Waals surface area contributed by atoms with E-state index in [2.05, 4.69) is 24.1 Å². The number of hydrogen-bond acceptors (Lipinski definition) is 2. The number of rotatable bonds is 3. The highest BCUT2D eigenvalue weighted by atomic mass is 32.2. The van der Waals surface area contributed by atoms with Crippen molar-refractivity contribution in [2.24, 2.45) is 4.40 Å². The predicted octanol–water partition coefficient (Wildman–Crippen LogP) is 2.65. The van der Waals surface area contributed by atoms with Gasteiger partial charge in [0.1, 0.15) is 0 Å². The van der Waals surface area contributed by atoms with Gasteiger partial charge in [-0.05, 0) is 20.1 Å². The van der Waals surface area contributed by atoms with Crippen molar-refractivity contribution in [3.63, 3.8) is 0 Å². The van der Waals surface area contributed by atoms with Crippen molar-refractivity contribution in [1.82, 2.24) is 0 Å². The van der Waals surface area contributed by atoms with Crippen LogP contribution in [0.1, 0.15) is 20.3 Å². The van der Waals surface area contributed by atoms with E-state index >= 15 is 0 Å². The molecule has 0 saturated carbocycles. The fraction of sp³-hybridized carbons (Fsp3) is 0.500. The summed E-state index contributed by atoms with van der Waals surface area (Å²) in [4.78, 5) is 1.22. The van der Waals surface area contributed by atoms with Crippen LogP contribution < -0.4 is 0 Å². The Morgan fingerprint density at radius 3 is 2.88 bits per heavy atom. The van der Waals surface area contributed by atoms with Crippen LogP contribution in [-0.2, 0) is 0 Å². The third kappa shape index (κ3) is 3.93. The Kier molecular flexibility index (Phi) is 4.76. The molecular formula is C6H11NS. The van der Waals surface area contributed by atoms with Gasteiger partial charge in [0.2, 0.25) is 0 Å². The minimum absolute atomic E-state index is 1.08. The van der Waals surface area contributed by atoms with Gasteiger partial charge in [0.15, 0.2) is 0 Å². The lowest BCUT2D eigenvalue weighted by Gasteiger charge is -1.88. The van der Waals surface area contributed by atoms with Gasteiger partial charge in [0, 0.05) is 16.9 Å². The van der Waals surface area contributed by atoms with Gasteiger partial charge in [-0.3, -0.25) is 0 Å². The molecule has 0 aliphatic heterocycles. The van der Waals surface area contributed by atoms with E-state index in [9.17, 15) is 0 Å². The smallest absolute Gasteiger partial charge is 0.00437 e. The lowest BCUT2D eigenvalue weighted by molar-refractivity contribution is 1.21. The molecule has 0 saturated heterocycles. The summed E-state index contributed by atoms with van der Waals surface area (Å²) in [5.74, 6) is 0. The van der Waals surface area contributed by atoms with Gasteiger partial charge in [0.05, 0.1) is 0 Å². The Hall–Kier alpha value is -0.240. The Morgan fingerprint density at radius 1 is 1.88 bits per heavy atom.